The van der Waals surface area contributed by atoms with Crippen LogP contribution in [0.3, 0.4) is 0 Å². The number of nitrogens with zero attached hydrogens (tertiary/aromatic N) is 1. The van der Waals surface area contributed by atoms with E-state index in [2.05, 4.69) is 0 Å². The number of benzene rings is 1. The number of hydrogen-bond donors (Lipinski definition) is 1. The Kier molecular flexibility index (Phi) is 6.08. The summed E-state index contributed by atoms with van der Waals surface area (Å²) in [5, 5.41) is 9.00. The summed E-state index contributed by atoms with van der Waals surface area (Å²) in [6, 6.07) is 8.98. The molecule has 0 bridgehead atoms. The predicted molar refractivity (Wildman–Crippen MR) is 97.7 cm³/mol. The standard InChI is InChI=1S/C20H25NO5/c1-20(2,3)13-21(10-9-14-5-7-16(25-4)8-6-14)18(22)17-11-15(12-26-17)19(23)24/h5-8,11-12H,9-10,13H2,1-4H3,(H,23,24). The molecule has 0 atom stereocenters. The van der Waals surface area contributed by atoms with Gasteiger partial charge in [-0.15, -0.1) is 0 Å². The summed E-state index contributed by atoms with van der Waals surface area (Å²) >= 11 is 0. The Morgan fingerprint density at radius 1 is 1.19 bits per heavy atom. The summed E-state index contributed by atoms with van der Waals surface area (Å²) in [5.41, 5.74) is 0.958. The second-order valence-electron chi connectivity index (χ2n) is 7.39. The summed E-state index contributed by atoms with van der Waals surface area (Å²) in [7, 11) is 1.62. The Hall–Kier alpha value is -2.76. The van der Waals surface area contributed by atoms with Gasteiger partial charge in [-0.2, -0.15) is 0 Å². The Labute approximate surface area is 153 Å². The van der Waals surface area contributed by atoms with Gasteiger partial charge in [0.05, 0.1) is 12.7 Å². The van der Waals surface area contributed by atoms with Crippen LogP contribution >= 0.6 is 0 Å². The summed E-state index contributed by atoms with van der Waals surface area (Å²) < 4.78 is 10.3. The van der Waals surface area contributed by atoms with Crippen LogP contribution in [0.2, 0.25) is 0 Å². The lowest BCUT2D eigenvalue weighted by Crippen LogP contribution is -2.39. The highest BCUT2D eigenvalue weighted by Crippen LogP contribution is 2.20. The van der Waals surface area contributed by atoms with Crippen LogP contribution in [0.25, 0.3) is 0 Å². The van der Waals surface area contributed by atoms with Crippen molar-refractivity contribution in [3.63, 3.8) is 0 Å². The van der Waals surface area contributed by atoms with Gasteiger partial charge in [-0.3, -0.25) is 4.79 Å². The minimum Gasteiger partial charge on any atom is -0.497 e. The first kappa shape index (κ1) is 19.6. The van der Waals surface area contributed by atoms with E-state index in [0.29, 0.717) is 19.5 Å². The molecule has 6 nitrogen and oxygen atoms in total. The molecule has 0 radical (unpaired) electrons. The third kappa shape index (κ3) is 5.37. The molecule has 1 amide bonds. The van der Waals surface area contributed by atoms with Crippen LogP contribution in [0, 0.1) is 5.41 Å². The number of rotatable bonds is 7. The van der Waals surface area contributed by atoms with Gasteiger partial charge in [0.1, 0.15) is 12.0 Å². The summed E-state index contributed by atoms with van der Waals surface area (Å²) in [6.07, 6.45) is 1.77. The number of ether oxygens (including phenoxy) is 1. The van der Waals surface area contributed by atoms with E-state index < -0.39 is 5.97 Å². The average Bonchev–Trinajstić information content (AvgIpc) is 3.08. The normalized spacial score (nSPS) is 11.2. The molecule has 1 heterocycles. The van der Waals surface area contributed by atoms with Crippen LogP contribution in [0.15, 0.2) is 41.0 Å². The number of carboxylic acid groups (broad SMARTS) is 1. The molecule has 0 saturated heterocycles. The first-order chi connectivity index (χ1) is 12.2. The Balaban J connectivity index is 2.13. The van der Waals surface area contributed by atoms with Crippen LogP contribution in [0.5, 0.6) is 5.75 Å². The lowest BCUT2D eigenvalue weighted by molar-refractivity contribution is 0.0664. The number of carbonyl (C=O) groups is 2. The van der Waals surface area contributed by atoms with Crippen LogP contribution in [-0.4, -0.2) is 42.1 Å². The molecule has 0 aliphatic heterocycles. The van der Waals surface area contributed by atoms with Gasteiger partial charge < -0.3 is 19.2 Å². The van der Waals surface area contributed by atoms with E-state index in [1.807, 2.05) is 45.0 Å². The molecule has 0 fully saturated rings. The molecule has 0 spiro atoms. The Morgan fingerprint density at radius 3 is 2.35 bits per heavy atom. The van der Waals surface area contributed by atoms with Crippen molar-refractivity contribution in [3.05, 3.63) is 53.5 Å². The minimum atomic E-state index is -1.12. The number of methoxy groups -OCH3 is 1. The first-order valence-electron chi connectivity index (χ1n) is 8.43. The van der Waals surface area contributed by atoms with Crippen molar-refractivity contribution in [1.29, 1.82) is 0 Å². The van der Waals surface area contributed by atoms with Gasteiger partial charge >= 0.3 is 5.97 Å². The Morgan fingerprint density at radius 2 is 1.85 bits per heavy atom. The zero-order valence-corrected chi connectivity index (χ0v) is 15.6. The molecule has 0 aliphatic rings. The minimum absolute atomic E-state index is 0.0285. The van der Waals surface area contributed by atoms with Crippen LogP contribution in [0.1, 0.15) is 47.2 Å². The maximum atomic E-state index is 12.8. The fourth-order valence-electron chi connectivity index (χ4n) is 2.60. The molecule has 6 heteroatoms. The molecule has 1 aromatic heterocycles. The fraction of sp³-hybridized carbons (Fsp3) is 0.400. The third-order valence-electron chi connectivity index (χ3n) is 3.84. The van der Waals surface area contributed by atoms with E-state index in [1.165, 1.54) is 6.07 Å². The van der Waals surface area contributed by atoms with Gasteiger partial charge in [0.15, 0.2) is 5.76 Å². The quantitative estimate of drug-likeness (QED) is 0.815. The number of amides is 1. The maximum Gasteiger partial charge on any atom is 0.338 e. The molecule has 2 rings (SSSR count). The number of aromatic carboxylic acids is 1. The van der Waals surface area contributed by atoms with Gasteiger partial charge in [0, 0.05) is 19.2 Å². The summed E-state index contributed by atoms with van der Waals surface area (Å²) in [4.78, 5) is 25.5. The SMILES string of the molecule is COc1ccc(CCN(CC(C)(C)C)C(=O)c2cc(C(=O)O)co2)cc1. The molecular weight excluding hydrogens is 334 g/mol. The van der Waals surface area contributed by atoms with Crippen LogP contribution < -0.4 is 4.74 Å². The van der Waals surface area contributed by atoms with Crippen molar-refractivity contribution in [3.8, 4) is 5.75 Å². The van der Waals surface area contributed by atoms with E-state index in [0.717, 1.165) is 17.6 Å². The zero-order chi connectivity index (χ0) is 19.3. The second-order valence-corrected chi connectivity index (χ2v) is 7.39. The lowest BCUT2D eigenvalue weighted by atomic mass is 9.95. The highest BCUT2D eigenvalue weighted by molar-refractivity contribution is 5.95. The highest BCUT2D eigenvalue weighted by atomic mass is 16.5. The van der Waals surface area contributed by atoms with Crippen molar-refractivity contribution in [2.24, 2.45) is 5.41 Å². The van der Waals surface area contributed by atoms with Gasteiger partial charge in [0.25, 0.3) is 5.91 Å². The van der Waals surface area contributed by atoms with Crippen LogP contribution in [0.4, 0.5) is 0 Å². The van der Waals surface area contributed by atoms with Crippen molar-refractivity contribution in [1.82, 2.24) is 4.90 Å². The van der Waals surface area contributed by atoms with Gasteiger partial charge in [0.2, 0.25) is 0 Å². The zero-order valence-electron chi connectivity index (χ0n) is 15.6. The summed E-state index contributed by atoms with van der Waals surface area (Å²) in [5.74, 6) is -0.594. The van der Waals surface area contributed by atoms with Gasteiger partial charge in [-0.1, -0.05) is 32.9 Å². The van der Waals surface area contributed by atoms with Crippen molar-refractivity contribution in [2.45, 2.75) is 27.2 Å². The molecule has 0 saturated carbocycles. The number of furan rings is 1. The smallest absolute Gasteiger partial charge is 0.338 e. The van der Waals surface area contributed by atoms with Crippen molar-refractivity contribution < 1.29 is 23.8 Å². The highest BCUT2D eigenvalue weighted by Gasteiger charge is 2.25. The first-order valence-corrected chi connectivity index (χ1v) is 8.43. The molecule has 26 heavy (non-hydrogen) atoms. The van der Waals surface area contributed by atoms with Crippen molar-refractivity contribution >= 4 is 11.9 Å². The van der Waals surface area contributed by atoms with Crippen molar-refractivity contribution in [2.75, 3.05) is 20.2 Å². The van der Waals surface area contributed by atoms with E-state index in [4.69, 9.17) is 14.3 Å². The van der Waals surface area contributed by atoms with Gasteiger partial charge in [-0.25, -0.2) is 4.79 Å². The van der Waals surface area contributed by atoms with E-state index in [9.17, 15) is 9.59 Å². The second kappa shape index (κ2) is 8.08. The van der Waals surface area contributed by atoms with Crippen LogP contribution in [-0.2, 0) is 6.42 Å². The molecule has 1 aromatic carbocycles. The average molecular weight is 359 g/mol. The Bertz CT molecular complexity index is 755. The summed E-state index contributed by atoms with van der Waals surface area (Å²) in [6.45, 7) is 7.18. The molecule has 2 aromatic rings. The molecular formula is C20H25NO5. The maximum absolute atomic E-state index is 12.8. The van der Waals surface area contributed by atoms with E-state index >= 15 is 0 Å². The molecule has 140 valence electrons. The van der Waals surface area contributed by atoms with Gasteiger partial charge in [-0.05, 0) is 29.5 Å². The molecule has 1 N–H and O–H groups in total. The topological polar surface area (TPSA) is 80.0 Å². The van der Waals surface area contributed by atoms with E-state index in [-0.39, 0.29) is 22.6 Å². The number of carbonyl (C=O) groups excluding carboxylic acids is 1. The largest absolute Gasteiger partial charge is 0.497 e. The lowest BCUT2D eigenvalue weighted by Gasteiger charge is -2.29. The number of hydrogen-bond acceptors (Lipinski definition) is 4. The fourth-order valence-corrected chi connectivity index (χ4v) is 2.60. The van der Waals surface area contributed by atoms with E-state index in [1.54, 1.807) is 12.0 Å². The monoisotopic (exact) mass is 359 g/mol. The number of carboxylic acids is 1. The molecule has 0 aliphatic carbocycles. The third-order valence-corrected chi connectivity index (χ3v) is 3.84. The molecule has 0 unspecified atom stereocenters. The predicted octanol–water partition coefficient (Wildman–Crippen LogP) is 3.72.